The number of hydrogen-bond donors (Lipinski definition) is 1. The summed E-state index contributed by atoms with van der Waals surface area (Å²) in [7, 11) is 1.61. The van der Waals surface area contributed by atoms with E-state index in [9.17, 15) is 0 Å². The molecule has 2 heterocycles. The van der Waals surface area contributed by atoms with E-state index in [1.54, 1.807) is 25.3 Å². The summed E-state index contributed by atoms with van der Waals surface area (Å²) in [5, 5.41) is 11.6. The smallest absolute Gasteiger partial charge is 0.245 e. The fourth-order valence-electron chi connectivity index (χ4n) is 2.39. The first-order valence-corrected chi connectivity index (χ1v) is 8.26. The summed E-state index contributed by atoms with van der Waals surface area (Å²) in [4.78, 5) is 8.96. The molecule has 0 saturated carbocycles. The van der Waals surface area contributed by atoms with Gasteiger partial charge in [-0.25, -0.2) is 14.6 Å². The van der Waals surface area contributed by atoms with Gasteiger partial charge in [0.15, 0.2) is 5.82 Å². The molecule has 0 saturated heterocycles. The topological polar surface area (TPSA) is 86.0 Å². The molecule has 0 fully saturated rings. The number of halogens is 2. The average Bonchev–Trinajstić information content (AvgIpc) is 3.11. The number of aromatic nitrogens is 4. The van der Waals surface area contributed by atoms with Crippen molar-refractivity contribution in [1.29, 1.82) is 0 Å². The van der Waals surface area contributed by atoms with Crippen LogP contribution < -0.4 is 10.1 Å². The Kier molecular flexibility index (Phi) is 4.32. The summed E-state index contributed by atoms with van der Waals surface area (Å²) in [6.07, 6.45) is 0. The summed E-state index contributed by atoms with van der Waals surface area (Å²) < 4.78 is 9.92. The Bertz CT molecular complexity index is 1080. The summed E-state index contributed by atoms with van der Waals surface area (Å²) in [6, 6.07) is 12.6. The fourth-order valence-corrected chi connectivity index (χ4v) is 2.68. The highest BCUT2D eigenvalue weighted by Crippen LogP contribution is 2.32. The van der Waals surface area contributed by atoms with Crippen LogP contribution >= 0.6 is 23.2 Å². The van der Waals surface area contributed by atoms with Crippen molar-refractivity contribution in [1.82, 2.24) is 20.3 Å². The minimum atomic E-state index is 0.296. The van der Waals surface area contributed by atoms with E-state index in [4.69, 9.17) is 32.6 Å². The second-order valence-corrected chi connectivity index (χ2v) is 6.13. The van der Waals surface area contributed by atoms with E-state index in [1.807, 2.05) is 24.3 Å². The molecule has 1 N–H and O–H groups in total. The highest BCUT2D eigenvalue weighted by atomic mass is 35.5. The summed E-state index contributed by atoms with van der Waals surface area (Å²) in [5.74, 6) is 1.22. The molecule has 0 atom stereocenters. The lowest BCUT2D eigenvalue weighted by Crippen LogP contribution is -2.00. The second kappa shape index (κ2) is 6.78. The summed E-state index contributed by atoms with van der Waals surface area (Å²) in [5.41, 5.74) is 2.73. The molecule has 0 bridgehead atoms. The van der Waals surface area contributed by atoms with Crippen LogP contribution in [-0.4, -0.2) is 27.4 Å². The number of rotatable bonds is 4. The molecular weight excluding hydrogens is 377 g/mol. The van der Waals surface area contributed by atoms with Gasteiger partial charge in [-0.1, -0.05) is 23.2 Å². The Hall–Kier alpha value is -2.90. The minimum Gasteiger partial charge on any atom is -0.497 e. The number of fused-ring (bicyclic) bond motifs is 1. The molecule has 2 aromatic carbocycles. The molecule has 0 spiro atoms. The molecule has 4 rings (SSSR count). The SMILES string of the molecule is COc1ccc(-c2nc3nonc3nc2Nc2ccc(Cl)c(Cl)c2)cc1. The van der Waals surface area contributed by atoms with Gasteiger partial charge in [-0.3, -0.25) is 0 Å². The minimum absolute atomic E-state index is 0.296. The first kappa shape index (κ1) is 16.6. The Balaban J connectivity index is 1.81. The Labute approximate surface area is 157 Å². The molecule has 9 heteroatoms. The van der Waals surface area contributed by atoms with Gasteiger partial charge in [-0.2, -0.15) is 0 Å². The van der Waals surface area contributed by atoms with Crippen molar-refractivity contribution in [2.45, 2.75) is 0 Å². The maximum atomic E-state index is 6.09. The number of methoxy groups -OCH3 is 1. The fraction of sp³-hybridized carbons (Fsp3) is 0.0588. The highest BCUT2D eigenvalue weighted by Gasteiger charge is 2.15. The van der Waals surface area contributed by atoms with Crippen LogP contribution in [0.5, 0.6) is 5.75 Å². The molecule has 4 aromatic rings. The second-order valence-electron chi connectivity index (χ2n) is 5.31. The highest BCUT2D eigenvalue weighted by molar-refractivity contribution is 6.42. The molecular formula is C17H11Cl2N5O2. The molecule has 2 aromatic heterocycles. The zero-order valence-electron chi connectivity index (χ0n) is 13.4. The molecule has 0 amide bonds. The predicted octanol–water partition coefficient (Wildman–Crippen LogP) is 4.74. The lowest BCUT2D eigenvalue weighted by molar-refractivity contribution is 0.314. The van der Waals surface area contributed by atoms with Gasteiger partial charge in [-0.15, -0.1) is 0 Å². The maximum absolute atomic E-state index is 6.09. The van der Waals surface area contributed by atoms with Crippen molar-refractivity contribution in [2.75, 3.05) is 12.4 Å². The van der Waals surface area contributed by atoms with Gasteiger partial charge in [0.25, 0.3) is 0 Å². The van der Waals surface area contributed by atoms with E-state index in [2.05, 4.69) is 25.6 Å². The van der Waals surface area contributed by atoms with Crippen LogP contribution in [0.4, 0.5) is 11.5 Å². The first-order chi connectivity index (χ1) is 12.6. The quantitative estimate of drug-likeness (QED) is 0.540. The van der Waals surface area contributed by atoms with E-state index >= 15 is 0 Å². The van der Waals surface area contributed by atoms with E-state index < -0.39 is 0 Å². The largest absolute Gasteiger partial charge is 0.497 e. The number of anilines is 2. The zero-order chi connectivity index (χ0) is 18.1. The number of ether oxygens (including phenoxy) is 1. The monoisotopic (exact) mass is 387 g/mol. The van der Waals surface area contributed by atoms with E-state index in [0.29, 0.717) is 38.5 Å². The molecule has 7 nitrogen and oxygen atoms in total. The third-order valence-corrected chi connectivity index (χ3v) is 4.40. The van der Waals surface area contributed by atoms with Crippen LogP contribution in [0.3, 0.4) is 0 Å². The van der Waals surface area contributed by atoms with Crippen LogP contribution in [0.25, 0.3) is 22.6 Å². The van der Waals surface area contributed by atoms with Crippen molar-refractivity contribution in [2.24, 2.45) is 0 Å². The van der Waals surface area contributed by atoms with Crippen molar-refractivity contribution in [3.05, 3.63) is 52.5 Å². The van der Waals surface area contributed by atoms with Crippen molar-refractivity contribution in [3.8, 4) is 17.0 Å². The van der Waals surface area contributed by atoms with Gasteiger partial charge in [-0.05, 0) is 52.8 Å². The van der Waals surface area contributed by atoms with Gasteiger partial charge < -0.3 is 10.1 Å². The normalized spacial score (nSPS) is 10.9. The van der Waals surface area contributed by atoms with Crippen LogP contribution in [-0.2, 0) is 0 Å². The molecule has 0 aliphatic carbocycles. The van der Waals surface area contributed by atoms with E-state index in [1.165, 1.54) is 0 Å². The summed E-state index contributed by atoms with van der Waals surface area (Å²) >= 11 is 12.1. The maximum Gasteiger partial charge on any atom is 0.245 e. The van der Waals surface area contributed by atoms with Crippen molar-refractivity contribution < 1.29 is 9.37 Å². The lowest BCUT2D eigenvalue weighted by Gasteiger charge is -2.11. The molecule has 0 unspecified atom stereocenters. The Morgan fingerprint density at radius 1 is 0.923 bits per heavy atom. The van der Waals surface area contributed by atoms with E-state index in [-0.39, 0.29) is 0 Å². The molecule has 0 radical (unpaired) electrons. The molecule has 0 aliphatic heterocycles. The third-order valence-electron chi connectivity index (χ3n) is 3.66. The van der Waals surface area contributed by atoms with Crippen LogP contribution in [0, 0.1) is 0 Å². The van der Waals surface area contributed by atoms with Gasteiger partial charge in [0.05, 0.1) is 17.2 Å². The number of hydrogen-bond acceptors (Lipinski definition) is 7. The number of nitrogens with zero attached hydrogens (tertiary/aromatic N) is 4. The standard InChI is InChI=1S/C17H11Cl2N5O2/c1-25-11-5-2-9(3-6-11)14-15(22-17-16(21-14)23-26-24-17)20-10-4-7-12(18)13(19)8-10/h2-8H,1H3,(H,20,22,24). The van der Waals surface area contributed by atoms with Crippen LogP contribution in [0.1, 0.15) is 0 Å². The van der Waals surface area contributed by atoms with Gasteiger partial charge in [0.1, 0.15) is 11.4 Å². The first-order valence-electron chi connectivity index (χ1n) is 7.51. The van der Waals surface area contributed by atoms with Crippen LogP contribution in [0.15, 0.2) is 47.1 Å². The van der Waals surface area contributed by atoms with Crippen molar-refractivity contribution >= 4 is 46.0 Å². The van der Waals surface area contributed by atoms with E-state index in [0.717, 1.165) is 11.3 Å². The van der Waals surface area contributed by atoms with Gasteiger partial charge in [0.2, 0.25) is 11.3 Å². The molecule has 130 valence electrons. The lowest BCUT2D eigenvalue weighted by atomic mass is 10.1. The predicted molar refractivity (Wildman–Crippen MR) is 99.1 cm³/mol. The zero-order valence-corrected chi connectivity index (χ0v) is 14.9. The van der Waals surface area contributed by atoms with Gasteiger partial charge in [0, 0.05) is 11.3 Å². The third kappa shape index (κ3) is 3.14. The van der Waals surface area contributed by atoms with Crippen LogP contribution in [0.2, 0.25) is 10.0 Å². The molecule has 26 heavy (non-hydrogen) atoms. The number of benzene rings is 2. The van der Waals surface area contributed by atoms with Crippen molar-refractivity contribution in [3.63, 3.8) is 0 Å². The van der Waals surface area contributed by atoms with Gasteiger partial charge >= 0.3 is 0 Å². The summed E-state index contributed by atoms with van der Waals surface area (Å²) in [6.45, 7) is 0. The Morgan fingerprint density at radius 3 is 2.35 bits per heavy atom. The molecule has 0 aliphatic rings. The number of nitrogens with one attached hydrogen (secondary N) is 1. The Morgan fingerprint density at radius 2 is 1.65 bits per heavy atom. The average molecular weight is 388 g/mol.